The van der Waals surface area contributed by atoms with Crippen molar-refractivity contribution in [3.8, 4) is 0 Å². The van der Waals surface area contributed by atoms with Gasteiger partial charge in [-0.1, -0.05) is 48.5 Å². The average molecular weight is 405 g/mol. The lowest BCUT2D eigenvalue weighted by Crippen LogP contribution is -2.43. The average Bonchev–Trinajstić information content (AvgIpc) is 2.79. The van der Waals surface area contributed by atoms with E-state index < -0.39 is 5.60 Å². The molecule has 0 aromatic heterocycles. The number of likely N-dealkylation sites (tertiary alicyclic amines) is 1. The first-order chi connectivity index (χ1) is 14.6. The highest BCUT2D eigenvalue weighted by Gasteiger charge is 2.34. The van der Waals surface area contributed by atoms with Crippen molar-refractivity contribution >= 4 is 11.4 Å². The predicted octanol–water partition coefficient (Wildman–Crippen LogP) is 5.34. The van der Waals surface area contributed by atoms with Crippen LogP contribution in [0.5, 0.6) is 0 Å². The maximum Gasteiger partial charge on any atom is 0.123 e. The molecule has 156 valence electrons. The molecule has 0 bridgehead atoms. The Hall–Kier alpha value is -2.69. The van der Waals surface area contributed by atoms with Crippen LogP contribution in [-0.4, -0.2) is 36.2 Å². The fourth-order valence-electron chi connectivity index (χ4n) is 4.29. The molecule has 0 aliphatic carbocycles. The molecule has 1 aliphatic heterocycles. The number of piperidine rings is 1. The standard InChI is InChI=1S/C26H29FN2O/c27-23-10-7-9-22(21-23)26(30)15-19-28(20-16-26)17-8-18-29(24-11-3-1-4-12-24)25-13-5-2-6-14-25/h1-7,9-14,21,30H,8,15-20H2. The normalized spacial score (nSPS) is 16.3. The summed E-state index contributed by atoms with van der Waals surface area (Å²) in [6.45, 7) is 3.56. The van der Waals surface area contributed by atoms with Crippen LogP contribution in [0.3, 0.4) is 0 Å². The highest BCUT2D eigenvalue weighted by Crippen LogP contribution is 2.33. The fraction of sp³-hybridized carbons (Fsp3) is 0.308. The van der Waals surface area contributed by atoms with E-state index in [-0.39, 0.29) is 5.82 Å². The second-order valence-electron chi connectivity index (χ2n) is 8.06. The van der Waals surface area contributed by atoms with Crippen LogP contribution in [0.4, 0.5) is 15.8 Å². The zero-order chi connectivity index (χ0) is 20.8. The van der Waals surface area contributed by atoms with Gasteiger partial charge < -0.3 is 14.9 Å². The van der Waals surface area contributed by atoms with E-state index in [1.165, 1.54) is 23.5 Å². The first-order valence-electron chi connectivity index (χ1n) is 10.7. The number of anilines is 2. The molecule has 0 spiro atoms. The minimum atomic E-state index is -0.918. The van der Waals surface area contributed by atoms with Gasteiger partial charge in [-0.2, -0.15) is 0 Å². The van der Waals surface area contributed by atoms with Crippen LogP contribution in [0.1, 0.15) is 24.8 Å². The molecule has 3 aromatic carbocycles. The van der Waals surface area contributed by atoms with Gasteiger partial charge in [0.2, 0.25) is 0 Å². The Morgan fingerprint density at radius 3 is 2.00 bits per heavy atom. The quantitative estimate of drug-likeness (QED) is 0.576. The van der Waals surface area contributed by atoms with Gasteiger partial charge >= 0.3 is 0 Å². The molecule has 1 aliphatic rings. The van der Waals surface area contributed by atoms with E-state index in [9.17, 15) is 9.50 Å². The second-order valence-corrected chi connectivity index (χ2v) is 8.06. The van der Waals surface area contributed by atoms with E-state index in [2.05, 4.69) is 58.3 Å². The first-order valence-corrected chi connectivity index (χ1v) is 10.7. The lowest BCUT2D eigenvalue weighted by molar-refractivity contribution is -0.0260. The third-order valence-corrected chi connectivity index (χ3v) is 6.04. The highest BCUT2D eigenvalue weighted by atomic mass is 19.1. The Bertz CT molecular complexity index is 885. The predicted molar refractivity (Wildman–Crippen MR) is 120 cm³/mol. The zero-order valence-electron chi connectivity index (χ0n) is 17.3. The fourth-order valence-corrected chi connectivity index (χ4v) is 4.29. The number of nitrogens with zero attached hydrogens (tertiary/aromatic N) is 2. The maximum atomic E-state index is 13.6. The molecule has 1 heterocycles. The van der Waals surface area contributed by atoms with Crippen molar-refractivity contribution in [2.75, 3.05) is 31.1 Å². The van der Waals surface area contributed by atoms with Crippen molar-refractivity contribution in [2.45, 2.75) is 24.9 Å². The molecule has 0 radical (unpaired) electrons. The molecule has 1 saturated heterocycles. The lowest BCUT2D eigenvalue weighted by Gasteiger charge is -2.39. The third kappa shape index (κ3) is 4.89. The van der Waals surface area contributed by atoms with Crippen molar-refractivity contribution in [3.05, 3.63) is 96.3 Å². The van der Waals surface area contributed by atoms with E-state index in [4.69, 9.17) is 0 Å². The maximum absolute atomic E-state index is 13.6. The molecule has 1 fully saturated rings. The first kappa shape index (κ1) is 20.6. The van der Waals surface area contributed by atoms with Crippen LogP contribution >= 0.6 is 0 Å². The van der Waals surface area contributed by atoms with E-state index in [1.807, 2.05) is 18.2 Å². The van der Waals surface area contributed by atoms with Crippen molar-refractivity contribution in [2.24, 2.45) is 0 Å². The summed E-state index contributed by atoms with van der Waals surface area (Å²) in [5.74, 6) is -0.287. The minimum absolute atomic E-state index is 0.287. The molecule has 4 heteroatoms. The lowest BCUT2D eigenvalue weighted by atomic mass is 9.84. The summed E-state index contributed by atoms with van der Waals surface area (Å²) in [5.41, 5.74) is 2.17. The Morgan fingerprint density at radius 1 is 0.833 bits per heavy atom. The number of rotatable bonds is 7. The number of hydrogen-bond acceptors (Lipinski definition) is 3. The van der Waals surface area contributed by atoms with Gasteiger partial charge in [0, 0.05) is 31.0 Å². The summed E-state index contributed by atoms with van der Waals surface area (Å²) in [6.07, 6.45) is 2.30. The van der Waals surface area contributed by atoms with Gasteiger partial charge in [-0.15, -0.1) is 0 Å². The molecule has 30 heavy (non-hydrogen) atoms. The van der Waals surface area contributed by atoms with Crippen molar-refractivity contribution in [1.82, 2.24) is 4.90 Å². The molecule has 3 nitrogen and oxygen atoms in total. The summed E-state index contributed by atoms with van der Waals surface area (Å²) in [5, 5.41) is 11.0. The summed E-state index contributed by atoms with van der Waals surface area (Å²) >= 11 is 0. The van der Waals surface area contributed by atoms with Crippen LogP contribution < -0.4 is 4.90 Å². The largest absolute Gasteiger partial charge is 0.385 e. The van der Waals surface area contributed by atoms with Crippen molar-refractivity contribution in [1.29, 1.82) is 0 Å². The van der Waals surface area contributed by atoms with E-state index in [0.29, 0.717) is 18.4 Å². The molecule has 3 aromatic rings. The summed E-state index contributed by atoms with van der Waals surface area (Å²) in [7, 11) is 0. The second kappa shape index (κ2) is 9.41. The SMILES string of the molecule is OC1(c2cccc(F)c2)CCN(CCCN(c2ccccc2)c2ccccc2)CC1. The van der Waals surface area contributed by atoms with Crippen LogP contribution in [0, 0.1) is 5.82 Å². The van der Waals surface area contributed by atoms with Crippen LogP contribution in [-0.2, 0) is 5.60 Å². The van der Waals surface area contributed by atoms with Crippen molar-refractivity contribution < 1.29 is 9.50 Å². The minimum Gasteiger partial charge on any atom is -0.385 e. The number of aliphatic hydroxyl groups is 1. The van der Waals surface area contributed by atoms with Crippen LogP contribution in [0.15, 0.2) is 84.9 Å². The molecular formula is C26H29FN2O. The number of benzene rings is 3. The Balaban J connectivity index is 1.34. The van der Waals surface area contributed by atoms with Gasteiger partial charge in [0.05, 0.1) is 5.60 Å². The van der Waals surface area contributed by atoms with Crippen molar-refractivity contribution in [3.63, 3.8) is 0 Å². The summed E-state index contributed by atoms with van der Waals surface area (Å²) in [6, 6.07) is 27.4. The Kier molecular flexibility index (Phi) is 6.46. The molecule has 4 rings (SSSR count). The van der Waals surface area contributed by atoms with Gasteiger partial charge in [0.25, 0.3) is 0 Å². The van der Waals surface area contributed by atoms with Gasteiger partial charge in [-0.05, 0) is 67.8 Å². The van der Waals surface area contributed by atoms with E-state index in [0.717, 1.165) is 32.6 Å². The monoisotopic (exact) mass is 404 g/mol. The highest BCUT2D eigenvalue weighted by molar-refractivity contribution is 5.62. The van der Waals surface area contributed by atoms with E-state index in [1.54, 1.807) is 6.07 Å². The van der Waals surface area contributed by atoms with Crippen LogP contribution in [0.25, 0.3) is 0 Å². The Labute approximate surface area is 178 Å². The molecule has 0 amide bonds. The zero-order valence-corrected chi connectivity index (χ0v) is 17.3. The third-order valence-electron chi connectivity index (χ3n) is 6.04. The summed E-state index contributed by atoms with van der Waals surface area (Å²) in [4.78, 5) is 4.76. The van der Waals surface area contributed by atoms with Gasteiger partial charge in [0.1, 0.15) is 5.82 Å². The molecule has 0 unspecified atom stereocenters. The number of para-hydroxylation sites is 2. The number of halogens is 1. The molecule has 0 saturated carbocycles. The summed E-state index contributed by atoms with van der Waals surface area (Å²) < 4.78 is 13.6. The van der Waals surface area contributed by atoms with Gasteiger partial charge in [-0.25, -0.2) is 4.39 Å². The van der Waals surface area contributed by atoms with Crippen LogP contribution in [0.2, 0.25) is 0 Å². The van der Waals surface area contributed by atoms with E-state index >= 15 is 0 Å². The smallest absolute Gasteiger partial charge is 0.123 e. The molecule has 0 atom stereocenters. The number of hydrogen-bond donors (Lipinski definition) is 1. The molecular weight excluding hydrogens is 375 g/mol. The Morgan fingerprint density at radius 2 is 1.43 bits per heavy atom. The van der Waals surface area contributed by atoms with Gasteiger partial charge in [0.15, 0.2) is 0 Å². The van der Waals surface area contributed by atoms with Gasteiger partial charge in [-0.3, -0.25) is 0 Å². The topological polar surface area (TPSA) is 26.7 Å². The molecule has 1 N–H and O–H groups in total.